The third kappa shape index (κ3) is 3.12. The Balaban J connectivity index is 1.87. The minimum Gasteiger partial charge on any atom is -0.595 e. The summed E-state index contributed by atoms with van der Waals surface area (Å²) in [6.07, 6.45) is 1.10. The van der Waals surface area contributed by atoms with E-state index in [1.54, 1.807) is 0 Å². The van der Waals surface area contributed by atoms with Crippen molar-refractivity contribution in [2.24, 2.45) is 5.16 Å². The van der Waals surface area contributed by atoms with Gasteiger partial charge in [0.2, 0.25) is 0 Å². The van der Waals surface area contributed by atoms with E-state index < -0.39 is 8.03 Å². The molecule has 1 aliphatic rings. The highest BCUT2D eigenvalue weighted by Crippen LogP contribution is 2.20. The van der Waals surface area contributed by atoms with Crippen LogP contribution >= 0.6 is 8.03 Å². The van der Waals surface area contributed by atoms with Gasteiger partial charge in [-0.2, -0.15) is 0 Å². The molecule has 0 amide bonds. The fraction of sp³-hybridized carbons (Fsp3) is 0.364. The van der Waals surface area contributed by atoms with Crippen molar-refractivity contribution in [3.8, 4) is 0 Å². The highest BCUT2D eigenvalue weighted by atomic mass is 31.1. The maximum Gasteiger partial charge on any atom is 0.312 e. The minimum atomic E-state index is -2.39. The molecule has 0 saturated carbocycles. The molecule has 1 aromatic carbocycles. The van der Waals surface area contributed by atoms with Crippen molar-refractivity contribution in [3.63, 3.8) is 0 Å². The van der Waals surface area contributed by atoms with E-state index in [-0.39, 0.29) is 12.3 Å². The van der Waals surface area contributed by atoms with Crippen LogP contribution in [0.3, 0.4) is 0 Å². The molecule has 2 unspecified atom stereocenters. The zero-order chi connectivity index (χ0) is 11.4. The average Bonchev–Trinajstić information content (AvgIpc) is 2.66. The molecule has 4 nitrogen and oxygen atoms in total. The third-order valence-corrected chi connectivity index (χ3v) is 3.10. The van der Waals surface area contributed by atoms with Gasteiger partial charge in [-0.25, -0.2) is 0 Å². The van der Waals surface area contributed by atoms with Crippen LogP contribution in [0.5, 0.6) is 0 Å². The van der Waals surface area contributed by atoms with Gasteiger partial charge >= 0.3 is 8.03 Å². The van der Waals surface area contributed by atoms with E-state index >= 15 is 0 Å². The van der Waals surface area contributed by atoms with Crippen LogP contribution in [-0.2, 0) is 15.8 Å². The van der Waals surface area contributed by atoms with E-state index in [1.807, 2.05) is 30.3 Å². The number of rotatable bonds is 4. The lowest BCUT2D eigenvalue weighted by atomic mass is 10.1. The summed E-state index contributed by atoms with van der Waals surface area (Å²) < 4.78 is 10.5. The Bertz CT molecular complexity index is 405. The Hall–Kier alpha value is -1.25. The van der Waals surface area contributed by atoms with E-state index in [2.05, 4.69) is 5.16 Å². The van der Waals surface area contributed by atoms with Gasteiger partial charge in [-0.1, -0.05) is 40.1 Å². The van der Waals surface area contributed by atoms with Crippen molar-refractivity contribution < 1.29 is 14.3 Å². The summed E-state index contributed by atoms with van der Waals surface area (Å²) >= 11 is 0. The average molecular weight is 237 g/mol. The molecule has 0 aromatic heterocycles. The zero-order valence-electron chi connectivity index (χ0n) is 8.70. The van der Waals surface area contributed by atoms with Crippen LogP contribution < -0.4 is 4.89 Å². The molecule has 0 bridgehead atoms. The van der Waals surface area contributed by atoms with Crippen molar-refractivity contribution in [2.45, 2.75) is 18.9 Å². The largest absolute Gasteiger partial charge is 0.595 e. The SMILES string of the molecule is O=[P+]([O-])CC1CC(Cc2ccccc2)=NO1. The number of oxime groups is 1. The van der Waals surface area contributed by atoms with Gasteiger partial charge in [-0.15, -0.1) is 0 Å². The van der Waals surface area contributed by atoms with E-state index in [0.717, 1.165) is 17.7 Å². The second-order valence-corrected chi connectivity index (χ2v) is 4.80. The molecule has 16 heavy (non-hydrogen) atoms. The Labute approximate surface area is 94.8 Å². The van der Waals surface area contributed by atoms with Gasteiger partial charge in [0.15, 0.2) is 12.3 Å². The lowest BCUT2D eigenvalue weighted by molar-refractivity contribution is -0.165. The van der Waals surface area contributed by atoms with E-state index in [9.17, 15) is 9.46 Å². The second-order valence-electron chi connectivity index (χ2n) is 3.77. The summed E-state index contributed by atoms with van der Waals surface area (Å²) in [5.74, 6) is 0. The van der Waals surface area contributed by atoms with E-state index in [1.165, 1.54) is 0 Å². The molecule has 1 aromatic rings. The summed E-state index contributed by atoms with van der Waals surface area (Å²) in [6, 6.07) is 9.94. The topological polar surface area (TPSA) is 61.7 Å². The molecule has 84 valence electrons. The first-order chi connectivity index (χ1) is 7.74. The van der Waals surface area contributed by atoms with Crippen LogP contribution in [0.15, 0.2) is 35.5 Å². The lowest BCUT2D eigenvalue weighted by Gasteiger charge is -2.01. The maximum atomic E-state index is 10.5. The summed E-state index contributed by atoms with van der Waals surface area (Å²) in [5.41, 5.74) is 2.07. The highest BCUT2D eigenvalue weighted by Gasteiger charge is 2.25. The standard InChI is InChI=1S/C11H12NO3P/c13-16(14)8-11-7-10(12-15-11)6-9-4-2-1-3-5-9/h1-5,11H,6-8H2. The molecule has 0 aliphatic carbocycles. The van der Waals surface area contributed by atoms with Gasteiger partial charge in [0.25, 0.3) is 0 Å². The molecule has 2 atom stereocenters. The van der Waals surface area contributed by atoms with E-state index in [0.29, 0.717) is 6.42 Å². The van der Waals surface area contributed by atoms with Crippen molar-refractivity contribution in [2.75, 3.05) is 6.16 Å². The summed E-state index contributed by atoms with van der Waals surface area (Å²) in [6.45, 7) is 0. The first-order valence-corrected chi connectivity index (χ1v) is 6.47. The molecule has 0 spiro atoms. The van der Waals surface area contributed by atoms with Gasteiger partial charge in [-0.3, -0.25) is 0 Å². The monoisotopic (exact) mass is 237 g/mol. The Kier molecular flexibility index (Phi) is 3.65. The molecular formula is C11H12NO3P. The Morgan fingerprint density at radius 3 is 2.88 bits per heavy atom. The first-order valence-electron chi connectivity index (χ1n) is 5.11. The number of nitrogens with zero attached hydrogens (tertiary/aromatic N) is 1. The van der Waals surface area contributed by atoms with Crippen molar-refractivity contribution in [1.29, 1.82) is 0 Å². The molecule has 0 fully saturated rings. The molecule has 1 heterocycles. The van der Waals surface area contributed by atoms with Gasteiger partial charge in [0, 0.05) is 12.8 Å². The van der Waals surface area contributed by atoms with Crippen LogP contribution in [0.1, 0.15) is 12.0 Å². The van der Waals surface area contributed by atoms with Crippen LogP contribution in [-0.4, -0.2) is 18.0 Å². The summed E-state index contributed by atoms with van der Waals surface area (Å²) in [7, 11) is -2.39. The molecule has 2 rings (SSSR count). The van der Waals surface area contributed by atoms with Gasteiger partial charge in [0.1, 0.15) is 0 Å². The second kappa shape index (κ2) is 5.19. The van der Waals surface area contributed by atoms with E-state index in [4.69, 9.17) is 4.84 Å². The minimum absolute atomic E-state index is 0.0527. The van der Waals surface area contributed by atoms with Gasteiger partial charge in [-0.05, 0) is 5.56 Å². The third-order valence-electron chi connectivity index (χ3n) is 2.40. The highest BCUT2D eigenvalue weighted by molar-refractivity contribution is 7.36. The summed E-state index contributed by atoms with van der Waals surface area (Å²) in [4.78, 5) is 15.6. The molecule has 0 radical (unpaired) electrons. The smallest absolute Gasteiger partial charge is 0.312 e. The number of hydrogen-bond acceptors (Lipinski definition) is 4. The number of hydrogen-bond donors (Lipinski definition) is 0. The normalized spacial score (nSPS) is 20.2. The van der Waals surface area contributed by atoms with Crippen molar-refractivity contribution in [3.05, 3.63) is 35.9 Å². The fourth-order valence-electron chi connectivity index (χ4n) is 1.69. The maximum absolute atomic E-state index is 10.5. The van der Waals surface area contributed by atoms with Crippen molar-refractivity contribution in [1.82, 2.24) is 0 Å². The quantitative estimate of drug-likeness (QED) is 0.745. The molecular weight excluding hydrogens is 225 g/mol. The summed E-state index contributed by atoms with van der Waals surface area (Å²) in [5, 5.41) is 3.91. The molecule has 0 saturated heterocycles. The van der Waals surface area contributed by atoms with Crippen LogP contribution in [0, 0.1) is 0 Å². The van der Waals surface area contributed by atoms with Crippen LogP contribution in [0.2, 0.25) is 0 Å². The molecule has 5 heteroatoms. The number of benzene rings is 1. The molecule has 1 aliphatic heterocycles. The lowest BCUT2D eigenvalue weighted by Crippen LogP contribution is -2.14. The Morgan fingerprint density at radius 2 is 2.19 bits per heavy atom. The zero-order valence-corrected chi connectivity index (χ0v) is 9.60. The van der Waals surface area contributed by atoms with Gasteiger partial charge in [0.05, 0.1) is 5.71 Å². The molecule has 0 N–H and O–H groups in total. The van der Waals surface area contributed by atoms with Crippen molar-refractivity contribution >= 4 is 13.7 Å². The fourth-order valence-corrected chi connectivity index (χ4v) is 2.21. The van der Waals surface area contributed by atoms with Gasteiger partial charge < -0.3 is 9.73 Å². The predicted molar refractivity (Wildman–Crippen MR) is 59.5 cm³/mol. The predicted octanol–water partition coefficient (Wildman–Crippen LogP) is 1.48. The first kappa shape index (κ1) is 11.2. The van der Waals surface area contributed by atoms with Crippen LogP contribution in [0.4, 0.5) is 0 Å². The van der Waals surface area contributed by atoms with Crippen LogP contribution in [0.25, 0.3) is 0 Å². The Morgan fingerprint density at radius 1 is 1.44 bits per heavy atom.